The number of nitrogens with zero attached hydrogens (tertiary/aromatic N) is 1. The summed E-state index contributed by atoms with van der Waals surface area (Å²) in [5.41, 5.74) is -0.833. The third-order valence-electron chi connectivity index (χ3n) is 4.53. The van der Waals surface area contributed by atoms with Gasteiger partial charge < -0.3 is 14.7 Å². The molecule has 0 spiro atoms. The third-order valence-corrected chi connectivity index (χ3v) is 4.53. The number of carboxylic acids is 1. The SMILES string of the molecule is CC1CN(C(=O)CC2(C(=O)O)CCCCC2)CC(C)O1. The molecule has 2 aliphatic rings. The van der Waals surface area contributed by atoms with Crippen LogP contribution in [-0.4, -0.2) is 47.2 Å². The molecule has 0 aromatic rings. The molecule has 0 aromatic heterocycles. The van der Waals surface area contributed by atoms with E-state index in [1.54, 1.807) is 4.90 Å². The summed E-state index contributed by atoms with van der Waals surface area (Å²) in [4.78, 5) is 25.9. The third kappa shape index (κ3) is 3.32. The Morgan fingerprint density at radius 3 is 2.20 bits per heavy atom. The van der Waals surface area contributed by atoms with Crippen molar-refractivity contribution in [2.45, 2.75) is 64.6 Å². The van der Waals surface area contributed by atoms with Gasteiger partial charge in [-0.2, -0.15) is 0 Å². The van der Waals surface area contributed by atoms with Gasteiger partial charge in [0.15, 0.2) is 0 Å². The van der Waals surface area contributed by atoms with Crippen molar-refractivity contribution in [3.8, 4) is 0 Å². The van der Waals surface area contributed by atoms with Crippen LogP contribution >= 0.6 is 0 Å². The standard InChI is InChI=1S/C15H25NO4/c1-11-9-16(10-12(2)20-11)13(17)8-15(14(18)19)6-4-3-5-7-15/h11-12H,3-10H2,1-2H3,(H,18,19). The minimum absolute atomic E-state index is 0.0230. The summed E-state index contributed by atoms with van der Waals surface area (Å²) >= 11 is 0. The average Bonchev–Trinajstić information content (AvgIpc) is 2.38. The molecule has 5 heteroatoms. The first-order valence-electron chi connectivity index (χ1n) is 7.59. The second-order valence-corrected chi connectivity index (χ2v) is 6.38. The first-order valence-corrected chi connectivity index (χ1v) is 7.59. The summed E-state index contributed by atoms with van der Waals surface area (Å²) in [6.07, 6.45) is 4.35. The summed E-state index contributed by atoms with van der Waals surface area (Å²) in [5, 5.41) is 9.54. The molecule has 5 nitrogen and oxygen atoms in total. The first-order chi connectivity index (χ1) is 9.43. The first kappa shape index (κ1) is 15.3. The Morgan fingerprint density at radius 1 is 1.15 bits per heavy atom. The summed E-state index contributed by atoms with van der Waals surface area (Å²) in [5.74, 6) is -0.837. The maximum Gasteiger partial charge on any atom is 0.310 e. The van der Waals surface area contributed by atoms with Crippen LogP contribution in [0.4, 0.5) is 0 Å². The number of carbonyl (C=O) groups is 2. The van der Waals surface area contributed by atoms with Gasteiger partial charge in [-0.15, -0.1) is 0 Å². The van der Waals surface area contributed by atoms with Crippen LogP contribution in [0.3, 0.4) is 0 Å². The average molecular weight is 283 g/mol. The van der Waals surface area contributed by atoms with E-state index in [0.29, 0.717) is 25.9 Å². The molecule has 0 bridgehead atoms. The summed E-state index contributed by atoms with van der Waals surface area (Å²) in [6.45, 7) is 5.03. The Bertz CT molecular complexity index is 366. The van der Waals surface area contributed by atoms with Gasteiger partial charge in [-0.05, 0) is 26.7 Å². The van der Waals surface area contributed by atoms with Gasteiger partial charge >= 0.3 is 5.97 Å². The van der Waals surface area contributed by atoms with Gasteiger partial charge in [-0.1, -0.05) is 19.3 Å². The fraction of sp³-hybridized carbons (Fsp3) is 0.867. The van der Waals surface area contributed by atoms with Crippen molar-refractivity contribution >= 4 is 11.9 Å². The highest BCUT2D eigenvalue weighted by molar-refractivity contribution is 5.85. The van der Waals surface area contributed by atoms with Crippen LogP contribution in [0.5, 0.6) is 0 Å². The van der Waals surface area contributed by atoms with Crippen LogP contribution in [0.25, 0.3) is 0 Å². The van der Waals surface area contributed by atoms with Gasteiger partial charge in [-0.3, -0.25) is 9.59 Å². The maximum atomic E-state index is 12.5. The minimum atomic E-state index is -0.833. The molecule has 1 saturated heterocycles. The van der Waals surface area contributed by atoms with Gasteiger partial charge in [0.05, 0.1) is 17.6 Å². The van der Waals surface area contributed by atoms with E-state index >= 15 is 0 Å². The molecule has 20 heavy (non-hydrogen) atoms. The van der Waals surface area contributed by atoms with Crippen molar-refractivity contribution in [2.24, 2.45) is 5.41 Å². The van der Waals surface area contributed by atoms with Gasteiger partial charge in [0.2, 0.25) is 5.91 Å². The molecule has 1 heterocycles. The van der Waals surface area contributed by atoms with Gasteiger partial charge in [0.1, 0.15) is 0 Å². The number of carbonyl (C=O) groups excluding carboxylic acids is 1. The molecule has 0 radical (unpaired) electrons. The minimum Gasteiger partial charge on any atom is -0.481 e. The lowest BCUT2D eigenvalue weighted by molar-refractivity contribution is -0.159. The van der Waals surface area contributed by atoms with Crippen LogP contribution in [0, 0.1) is 5.41 Å². The highest BCUT2D eigenvalue weighted by Crippen LogP contribution is 2.40. The quantitative estimate of drug-likeness (QED) is 0.861. The lowest BCUT2D eigenvalue weighted by atomic mass is 9.71. The van der Waals surface area contributed by atoms with E-state index in [4.69, 9.17) is 4.74 Å². The smallest absolute Gasteiger partial charge is 0.310 e. The molecule has 1 N–H and O–H groups in total. The van der Waals surface area contributed by atoms with Crippen molar-refractivity contribution in [1.82, 2.24) is 4.90 Å². The van der Waals surface area contributed by atoms with E-state index in [9.17, 15) is 14.7 Å². The van der Waals surface area contributed by atoms with E-state index < -0.39 is 11.4 Å². The molecular weight excluding hydrogens is 258 g/mol. The second kappa shape index (κ2) is 6.12. The summed E-state index contributed by atoms with van der Waals surface area (Å²) < 4.78 is 5.62. The molecule has 1 saturated carbocycles. The van der Waals surface area contributed by atoms with Crippen LogP contribution in [0.1, 0.15) is 52.4 Å². The normalized spacial score (nSPS) is 30.0. The molecule has 0 aromatic carbocycles. The van der Waals surface area contributed by atoms with Crippen molar-refractivity contribution < 1.29 is 19.4 Å². The number of rotatable bonds is 3. The van der Waals surface area contributed by atoms with E-state index in [1.165, 1.54) is 0 Å². The highest BCUT2D eigenvalue weighted by atomic mass is 16.5. The Balaban J connectivity index is 2.03. The molecule has 2 fully saturated rings. The number of ether oxygens (including phenoxy) is 1. The van der Waals surface area contributed by atoms with E-state index in [0.717, 1.165) is 19.3 Å². The van der Waals surface area contributed by atoms with Crippen LogP contribution < -0.4 is 0 Å². The molecule has 1 aliphatic heterocycles. The number of hydrogen-bond donors (Lipinski definition) is 1. The van der Waals surface area contributed by atoms with Crippen LogP contribution in [0.2, 0.25) is 0 Å². The Kier molecular flexibility index (Phi) is 4.68. The Morgan fingerprint density at radius 2 is 1.70 bits per heavy atom. The fourth-order valence-corrected chi connectivity index (χ4v) is 3.48. The number of hydrogen-bond acceptors (Lipinski definition) is 3. The molecule has 2 rings (SSSR count). The number of carboxylic acid groups (broad SMARTS) is 1. The number of amides is 1. The van der Waals surface area contributed by atoms with Crippen molar-refractivity contribution in [1.29, 1.82) is 0 Å². The Labute approximate surface area is 120 Å². The number of aliphatic carboxylic acids is 1. The van der Waals surface area contributed by atoms with E-state index in [1.807, 2.05) is 13.8 Å². The monoisotopic (exact) mass is 283 g/mol. The molecular formula is C15H25NO4. The predicted molar refractivity (Wildman–Crippen MR) is 74.4 cm³/mol. The molecule has 1 amide bonds. The molecule has 2 unspecified atom stereocenters. The fourth-order valence-electron chi connectivity index (χ4n) is 3.48. The van der Waals surface area contributed by atoms with E-state index in [-0.39, 0.29) is 24.5 Å². The van der Waals surface area contributed by atoms with E-state index in [2.05, 4.69) is 0 Å². The number of morpholine rings is 1. The molecule has 1 aliphatic carbocycles. The van der Waals surface area contributed by atoms with Gasteiger partial charge in [0.25, 0.3) is 0 Å². The van der Waals surface area contributed by atoms with Crippen LogP contribution in [0.15, 0.2) is 0 Å². The van der Waals surface area contributed by atoms with Crippen LogP contribution in [-0.2, 0) is 14.3 Å². The highest BCUT2D eigenvalue weighted by Gasteiger charge is 2.42. The topological polar surface area (TPSA) is 66.8 Å². The van der Waals surface area contributed by atoms with Gasteiger partial charge in [-0.25, -0.2) is 0 Å². The predicted octanol–water partition coefficient (Wildman–Crippen LogP) is 2.05. The zero-order valence-corrected chi connectivity index (χ0v) is 12.4. The maximum absolute atomic E-state index is 12.5. The largest absolute Gasteiger partial charge is 0.481 e. The molecule has 2 atom stereocenters. The van der Waals surface area contributed by atoms with Crippen molar-refractivity contribution in [2.75, 3.05) is 13.1 Å². The van der Waals surface area contributed by atoms with Crippen molar-refractivity contribution in [3.63, 3.8) is 0 Å². The summed E-state index contributed by atoms with van der Waals surface area (Å²) in [6, 6.07) is 0. The molecule has 114 valence electrons. The lowest BCUT2D eigenvalue weighted by Gasteiger charge is -2.38. The summed E-state index contributed by atoms with van der Waals surface area (Å²) in [7, 11) is 0. The zero-order chi connectivity index (χ0) is 14.8. The Hall–Kier alpha value is -1.10. The van der Waals surface area contributed by atoms with Gasteiger partial charge in [0, 0.05) is 19.5 Å². The lowest BCUT2D eigenvalue weighted by Crippen LogP contribution is -2.50. The second-order valence-electron chi connectivity index (χ2n) is 6.38. The van der Waals surface area contributed by atoms with Crippen molar-refractivity contribution in [3.05, 3.63) is 0 Å². The zero-order valence-electron chi connectivity index (χ0n) is 12.4.